The number of aromatic nitrogens is 8. The molecule has 9 N–H and O–H groups in total. The van der Waals surface area contributed by atoms with Crippen LogP contribution in [0, 0.1) is 0 Å². The minimum Gasteiger partial charge on any atom is -0.473 e. The number of hydrogen-bond donors (Lipinski definition) is 8. The van der Waals surface area contributed by atoms with Gasteiger partial charge in [-0.25, -0.2) is 9.97 Å². The third-order valence-electron chi connectivity index (χ3n) is 13.8. The predicted molar refractivity (Wildman–Crippen MR) is 300 cm³/mol. The van der Waals surface area contributed by atoms with Crippen molar-refractivity contribution in [3.8, 4) is 22.6 Å². The molecule has 77 heavy (non-hydrogen) atoms. The average molecular weight is 1050 g/mol. The summed E-state index contributed by atoms with van der Waals surface area (Å²) < 4.78 is 19.7. The normalized spacial score (nSPS) is 17.3. The van der Waals surface area contributed by atoms with Crippen LogP contribution in [0.4, 0.5) is 23.5 Å². The van der Waals surface area contributed by atoms with Gasteiger partial charge in [-0.3, -0.25) is 4.79 Å². The van der Waals surface area contributed by atoms with E-state index in [0.29, 0.717) is 42.9 Å². The summed E-state index contributed by atoms with van der Waals surface area (Å²) in [5, 5.41) is 33.8. The van der Waals surface area contributed by atoms with Crippen LogP contribution in [-0.4, -0.2) is 86.3 Å². The molecule has 7 heterocycles. The molecule has 0 radical (unpaired) electrons. The molecule has 0 atom stereocenters. The van der Waals surface area contributed by atoms with E-state index in [9.17, 15) is 4.79 Å². The van der Waals surface area contributed by atoms with Gasteiger partial charge >= 0.3 is 7.12 Å². The predicted octanol–water partition coefficient (Wildman–Crippen LogP) is 9.06. The number of nitrogens with two attached hydrogens (primary N) is 1. The molecular formula is C56H69BN14O6. The van der Waals surface area contributed by atoms with Crippen LogP contribution in [0.15, 0.2) is 130 Å². The summed E-state index contributed by atoms with van der Waals surface area (Å²) in [5.41, 5.74) is 13.8. The number of furan rings is 3. The molecule has 20 nitrogen and oxygen atoms in total. The molecule has 9 aromatic rings. The highest BCUT2D eigenvalue weighted by atomic mass is 16.4. The van der Waals surface area contributed by atoms with Gasteiger partial charge in [0, 0.05) is 67.4 Å². The summed E-state index contributed by atoms with van der Waals surface area (Å²) in [6, 6.07) is 29.1. The highest BCUT2D eigenvalue weighted by molar-refractivity contribution is 6.56. The van der Waals surface area contributed by atoms with E-state index < -0.39 is 7.12 Å². The van der Waals surface area contributed by atoms with E-state index in [1.54, 1.807) is 25.5 Å². The van der Waals surface area contributed by atoms with E-state index >= 15 is 0 Å². The Morgan fingerprint density at radius 3 is 1.42 bits per heavy atom. The van der Waals surface area contributed by atoms with Crippen molar-refractivity contribution in [3.63, 3.8) is 0 Å². The number of amides is 1. The molecule has 1 amide bonds. The van der Waals surface area contributed by atoms with Crippen LogP contribution in [0.25, 0.3) is 45.0 Å². The largest absolute Gasteiger partial charge is 0.526 e. The van der Waals surface area contributed by atoms with E-state index in [2.05, 4.69) is 126 Å². The van der Waals surface area contributed by atoms with E-state index in [1.807, 2.05) is 36.9 Å². The Labute approximate surface area is 447 Å². The Morgan fingerprint density at radius 1 is 0.610 bits per heavy atom. The summed E-state index contributed by atoms with van der Waals surface area (Å²) in [6.45, 7) is 11.3. The highest BCUT2D eigenvalue weighted by Gasteiger charge is 2.25. The molecule has 2 aromatic carbocycles. The Kier molecular flexibility index (Phi) is 17.6. The lowest BCUT2D eigenvalue weighted by molar-refractivity contribution is -0.119. The number of anilines is 4. The maximum absolute atomic E-state index is 11.4. The molecule has 7 aromatic heterocycles. The number of fused-ring (bicyclic) bond motifs is 2. The molecule has 0 unspecified atom stereocenters. The van der Waals surface area contributed by atoms with Gasteiger partial charge in [-0.2, -0.15) is 19.9 Å². The first-order chi connectivity index (χ1) is 37.3. The zero-order valence-electron chi connectivity index (χ0n) is 44.3. The van der Waals surface area contributed by atoms with Gasteiger partial charge in [-0.05, 0) is 127 Å². The van der Waals surface area contributed by atoms with Crippen molar-refractivity contribution in [1.29, 1.82) is 0 Å². The first-order valence-corrected chi connectivity index (χ1v) is 26.5. The lowest BCUT2D eigenvalue weighted by atomic mass is 9.88. The molecule has 21 heteroatoms. The molecule has 2 aliphatic carbocycles. The summed E-state index contributed by atoms with van der Waals surface area (Å²) in [4.78, 5) is 39.9. The molecule has 0 bridgehead atoms. The van der Waals surface area contributed by atoms with Crippen molar-refractivity contribution in [2.75, 3.05) is 21.3 Å². The van der Waals surface area contributed by atoms with Crippen LogP contribution in [0.1, 0.15) is 109 Å². The highest BCUT2D eigenvalue weighted by Crippen LogP contribution is 2.30. The van der Waals surface area contributed by atoms with Crippen molar-refractivity contribution in [2.45, 2.75) is 135 Å². The standard InChI is InChI=1S/C27H33N7O2.C25H31N7O.C4H5BO3/c1-17(2)34-16-29-24-25(28-15-19-6-8-20(9-7-19)23-5-4-14-36-23)32-27(33-26(24)34)31-22-12-10-21(11-13-22)30-18(3)35;1-16(2)32-15-28-22-23(27-14-17-5-7-18(8-6-17)21-4-3-13-33-21)30-25(31-24(22)32)29-20-11-9-19(26)10-12-20;6-5(7)4-2-1-3-8-4/h4-9,14,16-17,21-22H,10-13,15H2,1-3H3,(H,30,35)(H2,28,31,32,33);3-8,13,15-16,19-20H,9-12,14,26H2,1-2H3,(H2,27,29,30,31);1-3,6-7H. The third kappa shape index (κ3) is 14.1. The first-order valence-electron chi connectivity index (χ1n) is 26.5. The smallest absolute Gasteiger partial charge is 0.473 e. The van der Waals surface area contributed by atoms with Gasteiger partial charge in [-0.1, -0.05) is 48.5 Å². The van der Waals surface area contributed by atoms with Gasteiger partial charge in [0.05, 0.1) is 31.4 Å². The minimum absolute atomic E-state index is 0.0356. The van der Waals surface area contributed by atoms with E-state index in [1.165, 1.54) is 12.3 Å². The number of rotatable bonds is 16. The van der Waals surface area contributed by atoms with Crippen molar-refractivity contribution in [1.82, 2.24) is 44.4 Å². The monoisotopic (exact) mass is 1040 g/mol. The topological polar surface area (TPSA) is 270 Å². The maximum atomic E-state index is 11.4. The summed E-state index contributed by atoms with van der Waals surface area (Å²) in [6.07, 6.45) is 16.4. The molecule has 2 saturated carbocycles. The van der Waals surface area contributed by atoms with Gasteiger partial charge < -0.3 is 64.8 Å². The fourth-order valence-electron chi connectivity index (χ4n) is 9.53. The summed E-state index contributed by atoms with van der Waals surface area (Å²) >= 11 is 0. The van der Waals surface area contributed by atoms with Crippen molar-refractivity contribution in [3.05, 3.63) is 128 Å². The van der Waals surface area contributed by atoms with Gasteiger partial charge in [-0.15, -0.1) is 0 Å². The molecule has 0 aliphatic heterocycles. The van der Waals surface area contributed by atoms with Crippen LogP contribution in [0.5, 0.6) is 0 Å². The van der Waals surface area contributed by atoms with Gasteiger partial charge in [0.15, 0.2) is 34.0 Å². The molecule has 2 aliphatic rings. The average Bonchev–Trinajstić information content (AvgIpc) is 4.31. The Bertz CT molecular complexity index is 3230. The number of hydrogen-bond acceptors (Lipinski definition) is 17. The zero-order valence-corrected chi connectivity index (χ0v) is 44.3. The number of nitrogens with one attached hydrogen (secondary N) is 5. The van der Waals surface area contributed by atoms with Gasteiger partial charge in [0.2, 0.25) is 17.8 Å². The maximum Gasteiger partial charge on any atom is 0.526 e. The number of imidazole rings is 2. The van der Waals surface area contributed by atoms with Crippen molar-refractivity contribution in [2.24, 2.45) is 5.73 Å². The minimum atomic E-state index is -1.48. The van der Waals surface area contributed by atoms with E-state index in [-0.39, 0.29) is 35.7 Å². The van der Waals surface area contributed by atoms with Crippen LogP contribution >= 0.6 is 0 Å². The fraction of sp³-hybridized carbons (Fsp3) is 0.375. The SMILES string of the molecule is CC(=O)NC1CCC(Nc2nc(NCc3ccc(-c4ccco4)cc3)c3ncn(C(C)C)c3n2)CC1.CC(C)n1cnc2c(NCc3ccc(-c4ccco4)cc3)nc(NC3CCC(N)CC3)nc21.OB(O)c1ccco1. The molecule has 402 valence electrons. The van der Waals surface area contributed by atoms with Gasteiger partial charge in [0.1, 0.15) is 17.2 Å². The summed E-state index contributed by atoms with van der Waals surface area (Å²) in [7, 11) is -1.48. The number of carbonyl (C=O) groups is 1. The van der Waals surface area contributed by atoms with Crippen molar-refractivity contribution < 1.29 is 28.1 Å². The quantitative estimate of drug-likeness (QED) is 0.0419. The Balaban J connectivity index is 0.000000164. The molecule has 0 spiro atoms. The van der Waals surface area contributed by atoms with Crippen LogP contribution in [-0.2, 0) is 17.9 Å². The zero-order chi connectivity index (χ0) is 53.8. The first kappa shape index (κ1) is 53.8. The second kappa shape index (κ2) is 25.2. The van der Waals surface area contributed by atoms with Gasteiger partial charge in [0.25, 0.3) is 0 Å². The van der Waals surface area contributed by atoms with Crippen LogP contribution in [0.2, 0.25) is 0 Å². The number of nitrogens with zero attached hydrogens (tertiary/aromatic N) is 8. The molecule has 2 fully saturated rings. The molecular weight excluding hydrogens is 976 g/mol. The number of carbonyl (C=O) groups excluding carboxylic acids is 1. The number of benzene rings is 2. The third-order valence-corrected chi connectivity index (χ3v) is 13.8. The van der Waals surface area contributed by atoms with Crippen LogP contribution in [0.3, 0.4) is 0 Å². The second-order valence-electron chi connectivity index (χ2n) is 20.2. The lowest BCUT2D eigenvalue weighted by Crippen LogP contribution is -2.39. The lowest BCUT2D eigenvalue weighted by Gasteiger charge is -2.29. The van der Waals surface area contributed by atoms with E-state index in [4.69, 9.17) is 44.6 Å². The summed E-state index contributed by atoms with van der Waals surface area (Å²) in [5.74, 6) is 4.45. The Morgan fingerprint density at radius 2 is 1.04 bits per heavy atom. The molecule has 0 saturated heterocycles. The van der Waals surface area contributed by atoms with E-state index in [0.717, 1.165) is 113 Å². The fourth-order valence-corrected chi connectivity index (χ4v) is 9.53. The van der Waals surface area contributed by atoms with Crippen LogP contribution < -0.4 is 38.0 Å². The second-order valence-corrected chi connectivity index (χ2v) is 20.2. The Hall–Kier alpha value is -8.01. The van der Waals surface area contributed by atoms with Crippen molar-refractivity contribution >= 4 is 64.5 Å². The molecule has 11 rings (SSSR count).